The third kappa shape index (κ3) is 6.17. The molecule has 0 aliphatic carbocycles. The number of benzene rings is 1. The van der Waals surface area contributed by atoms with Gasteiger partial charge in [0.15, 0.2) is 0 Å². The van der Waals surface area contributed by atoms with E-state index in [2.05, 4.69) is 17.6 Å². The summed E-state index contributed by atoms with van der Waals surface area (Å²) in [6, 6.07) is 8.19. The van der Waals surface area contributed by atoms with Gasteiger partial charge in [0.2, 0.25) is 5.91 Å². The number of nitrogens with one attached hydrogen (secondary N) is 2. The Bertz CT molecular complexity index is 444. The Morgan fingerprint density at radius 1 is 1.35 bits per heavy atom. The van der Waals surface area contributed by atoms with Gasteiger partial charge in [-0.1, -0.05) is 24.3 Å². The number of aliphatic hydroxyl groups is 1. The predicted molar refractivity (Wildman–Crippen MR) is 81.2 cm³/mol. The minimum Gasteiger partial charge on any atom is -0.392 e. The van der Waals surface area contributed by atoms with Crippen LogP contribution in [-0.2, 0) is 17.9 Å². The zero-order chi connectivity index (χ0) is 15.2. The van der Waals surface area contributed by atoms with Crippen molar-refractivity contribution in [3.63, 3.8) is 0 Å². The van der Waals surface area contributed by atoms with E-state index in [4.69, 9.17) is 5.11 Å². The molecule has 0 aromatic heterocycles. The molecule has 1 aromatic carbocycles. The Hall–Kier alpha value is -1.39. The molecule has 1 unspecified atom stereocenters. The number of carbonyl (C=O) groups is 1. The summed E-state index contributed by atoms with van der Waals surface area (Å²) in [5.41, 5.74) is 1.86. The summed E-state index contributed by atoms with van der Waals surface area (Å²) in [5, 5.41) is 15.5. The van der Waals surface area contributed by atoms with Crippen molar-refractivity contribution in [3.05, 3.63) is 35.4 Å². The first kappa shape index (κ1) is 16.7. The highest BCUT2D eigenvalue weighted by molar-refractivity contribution is 5.73. The summed E-state index contributed by atoms with van der Waals surface area (Å²) in [6.45, 7) is 8.53. The summed E-state index contributed by atoms with van der Waals surface area (Å²) < 4.78 is 0. The molecule has 112 valence electrons. The lowest BCUT2D eigenvalue weighted by Gasteiger charge is -2.29. The van der Waals surface area contributed by atoms with Crippen LogP contribution in [0.1, 0.15) is 45.2 Å². The molecule has 0 spiro atoms. The van der Waals surface area contributed by atoms with Crippen molar-refractivity contribution in [1.82, 2.24) is 10.6 Å². The van der Waals surface area contributed by atoms with Gasteiger partial charge in [-0.15, -0.1) is 0 Å². The van der Waals surface area contributed by atoms with Crippen molar-refractivity contribution in [2.24, 2.45) is 0 Å². The highest BCUT2D eigenvalue weighted by Gasteiger charge is 2.21. The van der Waals surface area contributed by atoms with Gasteiger partial charge in [0.25, 0.3) is 0 Å². The number of hydrogen-bond donors (Lipinski definition) is 3. The second kappa shape index (κ2) is 7.41. The van der Waals surface area contributed by atoms with Crippen LogP contribution in [0.15, 0.2) is 24.3 Å². The molecule has 1 amide bonds. The first-order valence-electron chi connectivity index (χ1n) is 7.03. The first-order valence-corrected chi connectivity index (χ1v) is 7.03. The van der Waals surface area contributed by atoms with E-state index >= 15 is 0 Å². The Balaban J connectivity index is 2.46. The molecular weight excluding hydrogens is 252 g/mol. The molecule has 4 heteroatoms. The van der Waals surface area contributed by atoms with E-state index in [-0.39, 0.29) is 24.1 Å². The fraction of sp³-hybridized carbons (Fsp3) is 0.562. The summed E-state index contributed by atoms with van der Waals surface area (Å²) in [6.07, 6.45) is 0.853. The lowest BCUT2D eigenvalue weighted by molar-refractivity contribution is -0.120. The molecule has 1 aromatic rings. The second-order valence-electron chi connectivity index (χ2n) is 6.03. The molecule has 0 fully saturated rings. The highest BCUT2D eigenvalue weighted by Crippen LogP contribution is 2.12. The third-order valence-corrected chi connectivity index (χ3v) is 3.16. The van der Waals surface area contributed by atoms with E-state index in [0.29, 0.717) is 0 Å². The van der Waals surface area contributed by atoms with Gasteiger partial charge in [0, 0.05) is 25.0 Å². The Labute approximate surface area is 121 Å². The predicted octanol–water partition coefficient (Wildman–Crippen LogP) is 1.96. The summed E-state index contributed by atoms with van der Waals surface area (Å²) in [4.78, 5) is 11.1. The minimum atomic E-state index is -0.217. The van der Waals surface area contributed by atoms with Crippen molar-refractivity contribution >= 4 is 5.91 Å². The SMILES string of the molecule is CC(=O)NC(C)(C)CC(C)NCc1cccc(CO)c1. The maximum atomic E-state index is 11.1. The van der Waals surface area contributed by atoms with Crippen molar-refractivity contribution < 1.29 is 9.90 Å². The summed E-state index contributed by atoms with van der Waals surface area (Å²) in [5.74, 6) is -0.00199. The fourth-order valence-corrected chi connectivity index (χ4v) is 2.50. The molecule has 1 atom stereocenters. The molecule has 0 aliphatic rings. The molecular formula is C16H26N2O2. The molecule has 0 saturated carbocycles. The molecule has 1 rings (SSSR count). The number of amides is 1. The number of aliphatic hydroxyl groups excluding tert-OH is 1. The first-order chi connectivity index (χ1) is 9.32. The normalized spacial score (nSPS) is 13.1. The van der Waals surface area contributed by atoms with E-state index in [1.807, 2.05) is 38.1 Å². The van der Waals surface area contributed by atoms with Crippen molar-refractivity contribution in [1.29, 1.82) is 0 Å². The van der Waals surface area contributed by atoms with Gasteiger partial charge >= 0.3 is 0 Å². The maximum absolute atomic E-state index is 11.1. The van der Waals surface area contributed by atoms with Crippen molar-refractivity contribution in [3.8, 4) is 0 Å². The fourth-order valence-electron chi connectivity index (χ4n) is 2.50. The van der Waals surface area contributed by atoms with Gasteiger partial charge < -0.3 is 15.7 Å². The van der Waals surface area contributed by atoms with Crippen LogP contribution in [0.4, 0.5) is 0 Å². The molecule has 0 saturated heterocycles. The number of carbonyl (C=O) groups excluding carboxylic acids is 1. The van der Waals surface area contributed by atoms with Gasteiger partial charge in [-0.2, -0.15) is 0 Å². The average molecular weight is 278 g/mol. The van der Waals surface area contributed by atoms with Crippen molar-refractivity contribution in [2.75, 3.05) is 0 Å². The molecule has 0 heterocycles. The van der Waals surface area contributed by atoms with E-state index in [9.17, 15) is 4.79 Å². The lowest BCUT2D eigenvalue weighted by Crippen LogP contribution is -2.46. The molecule has 0 bridgehead atoms. The Kier molecular flexibility index (Phi) is 6.17. The van der Waals surface area contributed by atoms with Crippen LogP contribution in [-0.4, -0.2) is 22.6 Å². The molecule has 4 nitrogen and oxygen atoms in total. The molecule has 0 radical (unpaired) electrons. The average Bonchev–Trinajstić information content (AvgIpc) is 2.34. The van der Waals surface area contributed by atoms with Crippen molar-refractivity contribution in [2.45, 2.75) is 58.8 Å². The summed E-state index contributed by atoms with van der Waals surface area (Å²) >= 11 is 0. The number of hydrogen-bond acceptors (Lipinski definition) is 3. The van der Waals surface area contributed by atoms with E-state index in [1.165, 1.54) is 0 Å². The van der Waals surface area contributed by atoms with Crippen LogP contribution in [0.25, 0.3) is 0 Å². The Morgan fingerprint density at radius 3 is 2.60 bits per heavy atom. The van der Waals surface area contributed by atoms with E-state index < -0.39 is 0 Å². The summed E-state index contributed by atoms with van der Waals surface area (Å²) in [7, 11) is 0. The zero-order valence-electron chi connectivity index (χ0n) is 12.9. The smallest absolute Gasteiger partial charge is 0.217 e. The van der Waals surface area contributed by atoms with Gasteiger partial charge in [0.05, 0.1) is 6.61 Å². The topological polar surface area (TPSA) is 61.4 Å². The largest absolute Gasteiger partial charge is 0.392 e. The molecule has 3 N–H and O–H groups in total. The van der Waals surface area contributed by atoms with Gasteiger partial charge in [-0.25, -0.2) is 0 Å². The van der Waals surface area contributed by atoms with Gasteiger partial charge in [-0.3, -0.25) is 4.79 Å². The standard InChI is InChI=1S/C16H26N2O2/c1-12(9-16(3,4)18-13(2)20)17-10-14-6-5-7-15(8-14)11-19/h5-8,12,17,19H,9-11H2,1-4H3,(H,18,20). The van der Waals surface area contributed by atoms with E-state index in [0.717, 1.165) is 24.1 Å². The number of rotatable bonds is 7. The lowest BCUT2D eigenvalue weighted by atomic mass is 9.95. The van der Waals surface area contributed by atoms with Gasteiger partial charge in [0.1, 0.15) is 0 Å². The van der Waals surface area contributed by atoms with Crippen LogP contribution < -0.4 is 10.6 Å². The monoisotopic (exact) mass is 278 g/mol. The minimum absolute atomic E-state index is 0.00199. The molecule has 0 aliphatic heterocycles. The van der Waals surface area contributed by atoms with Crippen LogP contribution in [0.3, 0.4) is 0 Å². The second-order valence-corrected chi connectivity index (χ2v) is 6.03. The molecule has 20 heavy (non-hydrogen) atoms. The van der Waals surface area contributed by atoms with E-state index in [1.54, 1.807) is 6.92 Å². The quantitative estimate of drug-likeness (QED) is 0.714. The maximum Gasteiger partial charge on any atom is 0.217 e. The van der Waals surface area contributed by atoms with Gasteiger partial charge in [-0.05, 0) is 38.3 Å². The van der Waals surface area contributed by atoms with Crippen LogP contribution in [0.5, 0.6) is 0 Å². The zero-order valence-corrected chi connectivity index (χ0v) is 12.9. The van der Waals surface area contributed by atoms with Crippen LogP contribution in [0, 0.1) is 0 Å². The Morgan fingerprint density at radius 2 is 2.00 bits per heavy atom. The van der Waals surface area contributed by atoms with Crippen LogP contribution in [0.2, 0.25) is 0 Å². The third-order valence-electron chi connectivity index (χ3n) is 3.16. The highest BCUT2D eigenvalue weighted by atomic mass is 16.3. The van der Waals surface area contributed by atoms with Crippen LogP contribution >= 0.6 is 0 Å².